The SMILES string of the molecule is Cc1cc2c(nc1NC(=O)CC1CC(F)C1)CCCN2Cc1ccc(C(F)(F)F)nc1. The minimum atomic E-state index is -4.45. The molecule has 2 aromatic rings. The van der Waals surface area contributed by atoms with Gasteiger partial charge < -0.3 is 10.2 Å². The highest BCUT2D eigenvalue weighted by molar-refractivity contribution is 5.91. The second-order valence-corrected chi connectivity index (χ2v) is 8.38. The second-order valence-electron chi connectivity index (χ2n) is 8.38. The number of fused-ring (bicyclic) bond motifs is 1. The molecule has 4 rings (SSSR count). The third kappa shape index (κ3) is 4.97. The average Bonchev–Trinajstić information content (AvgIpc) is 2.68. The first-order chi connectivity index (χ1) is 14.7. The lowest BCUT2D eigenvalue weighted by molar-refractivity contribution is -0.141. The van der Waals surface area contributed by atoms with Crippen molar-refractivity contribution in [2.75, 3.05) is 16.8 Å². The van der Waals surface area contributed by atoms with E-state index < -0.39 is 18.0 Å². The number of hydrogen-bond acceptors (Lipinski definition) is 4. The van der Waals surface area contributed by atoms with Crippen molar-refractivity contribution in [2.24, 2.45) is 5.92 Å². The summed E-state index contributed by atoms with van der Waals surface area (Å²) in [6.07, 6.45) is -1.19. The summed E-state index contributed by atoms with van der Waals surface area (Å²) in [6.45, 7) is 3.04. The number of anilines is 2. The largest absolute Gasteiger partial charge is 0.433 e. The van der Waals surface area contributed by atoms with Crippen LogP contribution in [0.15, 0.2) is 24.4 Å². The van der Waals surface area contributed by atoms with Crippen molar-refractivity contribution >= 4 is 17.4 Å². The molecule has 1 N–H and O–H groups in total. The van der Waals surface area contributed by atoms with Crippen molar-refractivity contribution in [3.63, 3.8) is 0 Å². The molecule has 5 nitrogen and oxygen atoms in total. The number of aromatic nitrogens is 2. The summed E-state index contributed by atoms with van der Waals surface area (Å²) in [4.78, 5) is 22.5. The van der Waals surface area contributed by atoms with Crippen LogP contribution in [0.5, 0.6) is 0 Å². The number of halogens is 4. The third-order valence-corrected chi connectivity index (χ3v) is 5.85. The molecule has 0 spiro atoms. The molecular weight excluding hydrogens is 412 g/mol. The van der Waals surface area contributed by atoms with E-state index in [1.165, 1.54) is 12.3 Å². The number of nitrogens with one attached hydrogen (secondary N) is 1. The molecule has 0 radical (unpaired) electrons. The van der Waals surface area contributed by atoms with E-state index in [2.05, 4.69) is 20.2 Å². The molecule has 166 valence electrons. The lowest BCUT2D eigenvalue weighted by atomic mass is 9.81. The predicted octanol–water partition coefficient (Wildman–Crippen LogP) is 4.83. The summed E-state index contributed by atoms with van der Waals surface area (Å²) in [5, 5.41) is 2.85. The molecule has 31 heavy (non-hydrogen) atoms. The molecule has 0 unspecified atom stereocenters. The molecular formula is C22H24F4N4O. The van der Waals surface area contributed by atoms with E-state index in [9.17, 15) is 22.4 Å². The van der Waals surface area contributed by atoms with Crippen LogP contribution in [0.3, 0.4) is 0 Å². The van der Waals surface area contributed by atoms with Crippen molar-refractivity contribution in [3.8, 4) is 0 Å². The van der Waals surface area contributed by atoms with E-state index in [1.54, 1.807) is 0 Å². The Labute approximate surface area is 177 Å². The normalized spacial score (nSPS) is 20.7. The van der Waals surface area contributed by atoms with Crippen LogP contribution < -0.4 is 10.2 Å². The number of nitrogens with zero attached hydrogens (tertiary/aromatic N) is 3. The molecule has 1 fully saturated rings. The van der Waals surface area contributed by atoms with E-state index in [4.69, 9.17) is 0 Å². The van der Waals surface area contributed by atoms with Crippen LogP contribution in [-0.2, 0) is 23.9 Å². The molecule has 0 saturated heterocycles. The summed E-state index contributed by atoms with van der Waals surface area (Å²) in [6, 6.07) is 4.40. The van der Waals surface area contributed by atoms with E-state index in [0.717, 1.165) is 42.4 Å². The minimum absolute atomic E-state index is 0.0979. The van der Waals surface area contributed by atoms with Crippen molar-refractivity contribution in [1.82, 2.24) is 9.97 Å². The smallest absolute Gasteiger partial charge is 0.366 e. The van der Waals surface area contributed by atoms with Gasteiger partial charge >= 0.3 is 6.18 Å². The van der Waals surface area contributed by atoms with Gasteiger partial charge in [0.2, 0.25) is 5.91 Å². The van der Waals surface area contributed by atoms with Gasteiger partial charge in [-0.05, 0) is 61.8 Å². The molecule has 9 heteroatoms. The van der Waals surface area contributed by atoms with Gasteiger partial charge in [-0.25, -0.2) is 9.37 Å². The Hall–Kier alpha value is -2.71. The fraction of sp³-hybridized carbons (Fsp3) is 0.500. The molecule has 2 aliphatic rings. The summed E-state index contributed by atoms with van der Waals surface area (Å²) < 4.78 is 51.2. The highest BCUT2D eigenvalue weighted by Gasteiger charge is 2.32. The van der Waals surface area contributed by atoms with Gasteiger partial charge in [0, 0.05) is 25.7 Å². The highest BCUT2D eigenvalue weighted by Crippen LogP contribution is 2.34. The van der Waals surface area contributed by atoms with Gasteiger partial charge in [-0.3, -0.25) is 9.78 Å². The lowest BCUT2D eigenvalue weighted by Crippen LogP contribution is -2.31. The summed E-state index contributed by atoms with van der Waals surface area (Å²) in [5.74, 6) is 0.453. The Balaban J connectivity index is 1.46. The summed E-state index contributed by atoms with van der Waals surface area (Å²) >= 11 is 0. The number of pyridine rings is 2. The van der Waals surface area contributed by atoms with Crippen LogP contribution in [0.4, 0.5) is 29.1 Å². The quantitative estimate of drug-likeness (QED) is 0.682. The number of carbonyl (C=O) groups excluding carboxylic acids is 1. The maximum atomic E-state index is 13.0. The molecule has 1 saturated carbocycles. The molecule has 1 amide bonds. The number of alkyl halides is 4. The van der Waals surface area contributed by atoms with Crippen molar-refractivity contribution in [3.05, 3.63) is 46.9 Å². The second kappa shape index (κ2) is 8.43. The molecule has 3 heterocycles. The van der Waals surface area contributed by atoms with E-state index in [-0.39, 0.29) is 11.8 Å². The minimum Gasteiger partial charge on any atom is -0.366 e. The molecule has 1 aliphatic carbocycles. The van der Waals surface area contributed by atoms with Crippen LogP contribution in [0, 0.1) is 12.8 Å². The predicted molar refractivity (Wildman–Crippen MR) is 108 cm³/mol. The number of hydrogen-bond donors (Lipinski definition) is 1. The van der Waals surface area contributed by atoms with Crippen LogP contribution in [0.2, 0.25) is 0 Å². The first-order valence-corrected chi connectivity index (χ1v) is 10.4. The topological polar surface area (TPSA) is 58.1 Å². The Bertz CT molecular complexity index is 955. The van der Waals surface area contributed by atoms with Gasteiger partial charge in [0.05, 0.1) is 11.4 Å². The van der Waals surface area contributed by atoms with E-state index in [0.29, 0.717) is 37.2 Å². The first kappa shape index (κ1) is 21.5. The van der Waals surface area contributed by atoms with Crippen molar-refractivity contribution < 1.29 is 22.4 Å². The number of carbonyl (C=O) groups is 1. The van der Waals surface area contributed by atoms with Gasteiger partial charge in [0.25, 0.3) is 0 Å². The molecule has 0 aromatic carbocycles. The highest BCUT2D eigenvalue weighted by atomic mass is 19.4. The Morgan fingerprint density at radius 1 is 1.29 bits per heavy atom. The van der Waals surface area contributed by atoms with Crippen LogP contribution in [-0.4, -0.2) is 28.6 Å². The first-order valence-electron chi connectivity index (χ1n) is 10.4. The van der Waals surface area contributed by atoms with Gasteiger partial charge in [-0.1, -0.05) is 6.07 Å². The maximum absolute atomic E-state index is 13.0. The fourth-order valence-electron chi connectivity index (χ4n) is 4.12. The standard InChI is InChI=1S/C22H24F4N4O/c1-13-7-18-17(28-21(13)29-20(31)10-15-8-16(23)9-15)3-2-6-30(18)12-14-4-5-19(27-11-14)22(24,25)26/h4-5,7,11,15-16H,2-3,6,8-10,12H2,1H3,(H,28,29,31). The molecule has 2 aromatic heterocycles. The number of aryl methyl sites for hydroxylation is 2. The monoisotopic (exact) mass is 436 g/mol. The summed E-state index contributed by atoms with van der Waals surface area (Å²) in [5.41, 5.74) is 2.35. The van der Waals surface area contributed by atoms with E-state index >= 15 is 0 Å². The zero-order valence-corrected chi connectivity index (χ0v) is 17.2. The fourth-order valence-corrected chi connectivity index (χ4v) is 4.12. The molecule has 0 atom stereocenters. The van der Waals surface area contributed by atoms with Crippen molar-refractivity contribution in [1.29, 1.82) is 0 Å². The average molecular weight is 436 g/mol. The van der Waals surface area contributed by atoms with Gasteiger partial charge in [0.1, 0.15) is 17.7 Å². The van der Waals surface area contributed by atoms with Crippen LogP contribution >= 0.6 is 0 Å². The van der Waals surface area contributed by atoms with Crippen molar-refractivity contribution in [2.45, 2.75) is 57.9 Å². The Morgan fingerprint density at radius 3 is 2.71 bits per heavy atom. The number of rotatable bonds is 5. The Kier molecular flexibility index (Phi) is 5.85. The summed E-state index contributed by atoms with van der Waals surface area (Å²) in [7, 11) is 0. The van der Waals surface area contributed by atoms with Crippen LogP contribution in [0.1, 0.15) is 48.2 Å². The molecule has 0 bridgehead atoms. The zero-order chi connectivity index (χ0) is 22.2. The van der Waals surface area contributed by atoms with Crippen LogP contribution in [0.25, 0.3) is 0 Å². The Morgan fingerprint density at radius 2 is 2.06 bits per heavy atom. The van der Waals surface area contributed by atoms with Gasteiger partial charge in [0.15, 0.2) is 0 Å². The van der Waals surface area contributed by atoms with Gasteiger partial charge in [-0.15, -0.1) is 0 Å². The zero-order valence-electron chi connectivity index (χ0n) is 17.2. The third-order valence-electron chi connectivity index (χ3n) is 5.85. The number of amides is 1. The molecule has 1 aliphatic heterocycles. The van der Waals surface area contributed by atoms with E-state index in [1.807, 2.05) is 13.0 Å². The maximum Gasteiger partial charge on any atom is 0.433 e. The lowest BCUT2D eigenvalue weighted by Gasteiger charge is -2.32. The van der Waals surface area contributed by atoms with Gasteiger partial charge in [-0.2, -0.15) is 13.2 Å².